The molecular weight excluding hydrogens is 907 g/mol. The molecule has 0 aromatic carbocycles. The Bertz CT molecular complexity index is 920. The Labute approximate surface area is 467 Å². The van der Waals surface area contributed by atoms with Crippen LogP contribution in [0.5, 0.6) is 0 Å². The van der Waals surface area contributed by atoms with Crippen molar-refractivity contribution in [3.63, 3.8) is 0 Å². The van der Waals surface area contributed by atoms with Crippen LogP contribution in [0.3, 0.4) is 0 Å². The van der Waals surface area contributed by atoms with Crippen LogP contribution in [0.15, 0.2) is 0 Å². The fraction of sp³-hybridized carbons (Fsp3) is 1.00. The third-order valence-corrected chi connectivity index (χ3v) is 24.9. The van der Waals surface area contributed by atoms with E-state index in [0.717, 1.165) is 0 Å². The van der Waals surface area contributed by atoms with Gasteiger partial charge < -0.3 is 12.4 Å². The molecule has 0 unspecified atom stereocenters. The molecule has 0 aromatic heterocycles. The highest BCUT2D eigenvalue weighted by Gasteiger charge is 2.64. The highest BCUT2D eigenvalue weighted by atomic mass is 35.5. The van der Waals surface area contributed by atoms with Crippen LogP contribution in [0.2, 0.25) is 0 Å². The summed E-state index contributed by atoms with van der Waals surface area (Å²) in [5, 5.41) is 0.599. The summed E-state index contributed by atoms with van der Waals surface area (Å²) in [6.07, 6.45) is 89.8. The van der Waals surface area contributed by atoms with Crippen LogP contribution in [-0.4, -0.2) is 23.6 Å². The van der Waals surface area contributed by atoms with Gasteiger partial charge in [0.15, 0.2) is 0 Å². The third-order valence-electron chi connectivity index (χ3n) is 18.6. The summed E-state index contributed by atoms with van der Waals surface area (Å²) in [5.74, 6) is 0. The monoisotopic (exact) mass is 1050 g/mol. The zero-order chi connectivity index (χ0) is 51.9. The quantitative estimate of drug-likeness (QED) is 0.0421. The molecule has 0 atom stereocenters. The SMILES string of the molecule is CCCCCCCCCCCCC(CCCCCCCC)(CCCCCCCCCCCC)C(CCCCCCCCCCCC)(CCCCCCCCCCCC)[P+](CCCC)(CCCC)CCCC.[Cl-]. The van der Waals surface area contributed by atoms with Crippen LogP contribution >= 0.6 is 7.26 Å². The molecule has 0 heterocycles. The van der Waals surface area contributed by atoms with Crippen molar-refractivity contribution in [3.05, 3.63) is 0 Å². The first-order valence-electron chi connectivity index (χ1n) is 34.8. The minimum Gasteiger partial charge on any atom is -1.00 e. The molecule has 0 saturated carbocycles. The molecule has 436 valence electrons. The van der Waals surface area contributed by atoms with Gasteiger partial charge in [0.05, 0.1) is 23.6 Å². The molecule has 0 aliphatic heterocycles. The van der Waals surface area contributed by atoms with E-state index in [1.807, 2.05) is 0 Å². The maximum absolute atomic E-state index is 2.57. The average molecular weight is 1050 g/mol. The average Bonchev–Trinajstić information content (AvgIpc) is 3.38. The van der Waals surface area contributed by atoms with E-state index < -0.39 is 7.26 Å². The van der Waals surface area contributed by atoms with Gasteiger partial charge in [0.25, 0.3) is 0 Å². The number of rotatable bonds is 62. The van der Waals surface area contributed by atoms with Crippen molar-refractivity contribution in [2.45, 2.75) is 427 Å². The van der Waals surface area contributed by atoms with Gasteiger partial charge in [0.2, 0.25) is 0 Å². The minimum absolute atomic E-state index is 0. The van der Waals surface area contributed by atoms with Crippen molar-refractivity contribution in [1.82, 2.24) is 0 Å². The Kier molecular flexibility index (Phi) is 60.1. The minimum atomic E-state index is -1.29. The molecule has 72 heavy (non-hydrogen) atoms. The van der Waals surface area contributed by atoms with Gasteiger partial charge in [-0.2, -0.15) is 0 Å². The zero-order valence-electron chi connectivity index (χ0n) is 52.3. The molecule has 0 radical (unpaired) electrons. The Balaban J connectivity index is 0. The lowest BCUT2D eigenvalue weighted by atomic mass is 9.61. The predicted octanol–water partition coefficient (Wildman–Crippen LogP) is 24.1. The molecule has 0 aliphatic carbocycles. The topological polar surface area (TPSA) is 0 Å². The van der Waals surface area contributed by atoms with Crippen LogP contribution < -0.4 is 12.4 Å². The number of hydrogen-bond acceptors (Lipinski definition) is 0. The van der Waals surface area contributed by atoms with Crippen LogP contribution in [0.1, 0.15) is 421 Å². The van der Waals surface area contributed by atoms with Crippen LogP contribution in [0, 0.1) is 5.41 Å². The smallest absolute Gasteiger partial charge is 0.0855 e. The van der Waals surface area contributed by atoms with Crippen LogP contribution in [-0.2, 0) is 0 Å². The van der Waals surface area contributed by atoms with Gasteiger partial charge in [0.1, 0.15) is 0 Å². The number of unbranched alkanes of at least 4 members (excludes halogenated alkanes) is 44. The second kappa shape index (κ2) is 57.9. The van der Waals surface area contributed by atoms with Crippen molar-refractivity contribution < 1.29 is 12.4 Å². The summed E-state index contributed by atoms with van der Waals surface area (Å²) in [4.78, 5) is 0. The maximum Gasteiger partial charge on any atom is 0.0855 e. The van der Waals surface area contributed by atoms with Crippen molar-refractivity contribution in [3.8, 4) is 0 Å². The van der Waals surface area contributed by atoms with Crippen molar-refractivity contribution in [2.75, 3.05) is 18.5 Å². The summed E-state index contributed by atoms with van der Waals surface area (Å²) in [7, 11) is -1.29. The normalized spacial score (nSPS) is 12.3. The van der Waals surface area contributed by atoms with Gasteiger partial charge in [-0.15, -0.1) is 0 Å². The highest BCUT2D eigenvalue weighted by molar-refractivity contribution is 7.77. The summed E-state index contributed by atoms with van der Waals surface area (Å²) in [6.45, 7) is 19.6. The maximum atomic E-state index is 2.57. The van der Waals surface area contributed by atoms with Gasteiger partial charge in [-0.25, -0.2) is 0 Å². The van der Waals surface area contributed by atoms with E-state index in [1.54, 1.807) is 63.4 Å². The number of hydrogen-bond donors (Lipinski definition) is 0. The molecular formula is C70H144ClP. The highest BCUT2D eigenvalue weighted by Crippen LogP contribution is 2.80. The van der Waals surface area contributed by atoms with Crippen molar-refractivity contribution in [1.29, 1.82) is 0 Å². The summed E-state index contributed by atoms with van der Waals surface area (Å²) >= 11 is 0. The molecule has 0 saturated heterocycles. The second-order valence-electron chi connectivity index (χ2n) is 24.9. The van der Waals surface area contributed by atoms with Crippen LogP contribution in [0.25, 0.3) is 0 Å². The molecule has 0 nitrogen and oxygen atoms in total. The molecule has 0 bridgehead atoms. The first-order valence-corrected chi connectivity index (χ1v) is 37.2. The fourth-order valence-electron chi connectivity index (χ4n) is 14.0. The first-order chi connectivity index (χ1) is 35.0. The standard InChI is InChI=1S/C70H144P.ClH/c1-9-17-25-30-35-39-43-47-52-57-62-69(61-56-51-34-29-21-13-5,63-58-53-48-44-40-36-31-26-18-10-2)70(64-59-54-49-45-41-37-32-27-19-11-3,65-60-55-50-46-42-38-33-28-20-12-4)71(66-22-14-6,67-23-15-7)68-24-16-8;/h9-68H2,1-8H3;1H/q+1;/p-1. The Hall–Kier alpha value is 0.720. The largest absolute Gasteiger partial charge is 1.00 e. The lowest BCUT2D eigenvalue weighted by Crippen LogP contribution is -3.00. The van der Waals surface area contributed by atoms with Gasteiger partial charge in [-0.1, -0.05) is 357 Å². The first kappa shape index (κ1) is 74.8. The Morgan fingerprint density at radius 3 is 0.514 bits per heavy atom. The van der Waals surface area contributed by atoms with Gasteiger partial charge in [-0.05, 0) is 64.2 Å². The predicted molar refractivity (Wildman–Crippen MR) is 335 cm³/mol. The van der Waals surface area contributed by atoms with E-state index in [-0.39, 0.29) is 12.4 Å². The molecule has 0 spiro atoms. The molecule has 0 N–H and O–H groups in total. The van der Waals surface area contributed by atoms with Crippen molar-refractivity contribution in [2.24, 2.45) is 5.41 Å². The second-order valence-corrected chi connectivity index (χ2v) is 29.4. The number of halogens is 1. The molecule has 0 aliphatic rings. The van der Waals surface area contributed by atoms with E-state index in [4.69, 9.17) is 0 Å². The van der Waals surface area contributed by atoms with Gasteiger partial charge in [0, 0.05) is 12.7 Å². The Morgan fingerprint density at radius 1 is 0.181 bits per heavy atom. The van der Waals surface area contributed by atoms with Gasteiger partial charge in [-0.3, -0.25) is 0 Å². The van der Waals surface area contributed by atoms with E-state index in [0.29, 0.717) is 10.6 Å². The van der Waals surface area contributed by atoms with E-state index in [9.17, 15) is 0 Å². The summed E-state index contributed by atoms with van der Waals surface area (Å²) in [5.41, 5.74) is 0.555. The van der Waals surface area contributed by atoms with Gasteiger partial charge >= 0.3 is 0 Å². The van der Waals surface area contributed by atoms with E-state index in [2.05, 4.69) is 55.4 Å². The van der Waals surface area contributed by atoms with Crippen LogP contribution in [0.4, 0.5) is 0 Å². The summed E-state index contributed by atoms with van der Waals surface area (Å²) < 4.78 is 0. The zero-order valence-corrected chi connectivity index (χ0v) is 53.9. The third kappa shape index (κ3) is 38.3. The molecule has 0 fully saturated rings. The lowest BCUT2D eigenvalue weighted by Gasteiger charge is -2.58. The molecule has 0 amide bonds. The van der Waals surface area contributed by atoms with E-state index >= 15 is 0 Å². The lowest BCUT2D eigenvalue weighted by molar-refractivity contribution is -0.0000161. The van der Waals surface area contributed by atoms with E-state index in [1.165, 1.54) is 321 Å². The molecule has 0 rings (SSSR count). The summed E-state index contributed by atoms with van der Waals surface area (Å²) in [6, 6.07) is 0. The van der Waals surface area contributed by atoms with Crippen molar-refractivity contribution >= 4 is 7.26 Å². The molecule has 2 heteroatoms. The fourth-order valence-corrected chi connectivity index (χ4v) is 21.3. The molecule has 0 aromatic rings. The Morgan fingerprint density at radius 2 is 0.333 bits per heavy atom.